The lowest BCUT2D eigenvalue weighted by Crippen LogP contribution is -2.16. The van der Waals surface area contributed by atoms with Crippen molar-refractivity contribution in [1.82, 2.24) is 4.98 Å². The van der Waals surface area contributed by atoms with Crippen LogP contribution in [0.5, 0.6) is 0 Å². The van der Waals surface area contributed by atoms with E-state index in [4.69, 9.17) is 0 Å². The number of pyridine rings is 1. The average Bonchev–Trinajstić information content (AvgIpc) is 2.22. The van der Waals surface area contributed by atoms with Gasteiger partial charge in [-0.15, -0.1) is 5.54 Å². The van der Waals surface area contributed by atoms with Gasteiger partial charge in [0.05, 0.1) is 13.8 Å². The summed E-state index contributed by atoms with van der Waals surface area (Å²) in [5.74, 6) is 3.30. The Hall–Kier alpha value is -1.12. The second-order valence-corrected chi connectivity index (χ2v) is 16.5. The summed E-state index contributed by atoms with van der Waals surface area (Å²) in [6.45, 7) is 13.7. The van der Waals surface area contributed by atoms with Gasteiger partial charge in [0.15, 0.2) is 0 Å². The summed E-state index contributed by atoms with van der Waals surface area (Å²) in [4.78, 5) is 4.43. The number of rotatable bonds is 2. The van der Waals surface area contributed by atoms with Crippen LogP contribution >= 0.6 is 0 Å². The van der Waals surface area contributed by atoms with Crippen LogP contribution in [0.2, 0.25) is 39.3 Å². The van der Waals surface area contributed by atoms with Gasteiger partial charge in [0, 0.05) is 11.8 Å². The van der Waals surface area contributed by atoms with E-state index in [0.717, 1.165) is 11.3 Å². The minimum absolute atomic E-state index is 1.01. The van der Waals surface area contributed by atoms with Gasteiger partial charge in [0.2, 0.25) is 0 Å². The largest absolute Gasteiger partial charge is 0.256 e. The fourth-order valence-electron chi connectivity index (χ4n) is 1.24. The van der Waals surface area contributed by atoms with E-state index in [2.05, 4.69) is 73.6 Å². The molecule has 0 bridgehead atoms. The first-order valence-corrected chi connectivity index (χ1v) is 13.4. The van der Waals surface area contributed by atoms with E-state index in [9.17, 15) is 0 Å². The first-order valence-electron chi connectivity index (χ1n) is 6.35. The Morgan fingerprint density at radius 1 is 1.11 bits per heavy atom. The van der Waals surface area contributed by atoms with Crippen molar-refractivity contribution < 1.29 is 0 Å². The number of nitrogens with zero attached hydrogens (tertiary/aromatic N) is 1. The van der Waals surface area contributed by atoms with Crippen LogP contribution < -0.4 is 0 Å². The van der Waals surface area contributed by atoms with Gasteiger partial charge in [-0.3, -0.25) is 4.98 Å². The van der Waals surface area contributed by atoms with Crippen LogP contribution in [0.3, 0.4) is 0 Å². The van der Waals surface area contributed by atoms with Crippen LogP contribution in [0.4, 0.5) is 0 Å². The van der Waals surface area contributed by atoms with E-state index in [0.29, 0.717) is 0 Å². The Morgan fingerprint density at radius 2 is 1.78 bits per heavy atom. The molecule has 0 aliphatic carbocycles. The van der Waals surface area contributed by atoms with Crippen LogP contribution in [-0.2, 0) is 0 Å². The normalized spacial score (nSPS) is 12.3. The summed E-state index contributed by atoms with van der Waals surface area (Å²) in [6.07, 6.45) is 3.98. The zero-order valence-electron chi connectivity index (χ0n) is 12.3. The van der Waals surface area contributed by atoms with Crippen LogP contribution in [-0.4, -0.2) is 21.1 Å². The van der Waals surface area contributed by atoms with Crippen LogP contribution in [0.25, 0.3) is 6.08 Å². The summed E-state index contributed by atoms with van der Waals surface area (Å²) in [5.41, 5.74) is 7.77. The molecule has 0 aliphatic rings. The fourth-order valence-corrected chi connectivity index (χ4v) is 2.41. The van der Waals surface area contributed by atoms with Gasteiger partial charge < -0.3 is 0 Å². The molecule has 0 fully saturated rings. The van der Waals surface area contributed by atoms with Gasteiger partial charge in [-0.1, -0.05) is 50.9 Å². The molecule has 0 aliphatic heterocycles. The van der Waals surface area contributed by atoms with Gasteiger partial charge in [-0.25, -0.2) is 0 Å². The predicted octanol–water partition coefficient (Wildman–Crippen LogP) is 4.20. The van der Waals surface area contributed by atoms with E-state index >= 15 is 0 Å². The Bertz CT molecular complexity index is 494. The third kappa shape index (κ3) is 5.99. The zero-order chi connectivity index (χ0) is 13.8. The zero-order valence-corrected chi connectivity index (χ0v) is 14.3. The van der Waals surface area contributed by atoms with Crippen LogP contribution in [0, 0.1) is 11.5 Å². The van der Waals surface area contributed by atoms with Crippen molar-refractivity contribution >= 4 is 22.2 Å². The summed E-state index contributed by atoms with van der Waals surface area (Å²) in [7, 11) is -2.51. The van der Waals surface area contributed by atoms with Gasteiger partial charge in [-0.2, -0.15) is 0 Å². The van der Waals surface area contributed by atoms with Crippen molar-refractivity contribution in [3.05, 3.63) is 35.3 Å². The summed E-state index contributed by atoms with van der Waals surface area (Å²) < 4.78 is 0. The smallest absolute Gasteiger partial charge is 0.129 e. The molecule has 0 saturated heterocycles. The molecule has 1 rings (SSSR count). The molecule has 0 N–H and O–H groups in total. The van der Waals surface area contributed by atoms with Crippen molar-refractivity contribution in [2.45, 2.75) is 39.3 Å². The topological polar surface area (TPSA) is 12.9 Å². The number of hydrogen-bond donors (Lipinski definition) is 0. The van der Waals surface area contributed by atoms with Crippen LogP contribution in [0.15, 0.2) is 24.0 Å². The molecule has 0 unspecified atom stereocenters. The first-order chi connectivity index (χ1) is 8.17. The van der Waals surface area contributed by atoms with Gasteiger partial charge in [0.1, 0.15) is 8.07 Å². The standard InChI is InChI=1S/C15H23NSi2/c1-17(2,3)12-9-14-8-7-11-16-15(14)10-13-18(4,5)6/h7-8,10-11,13H,1-6H3/b13-10+. The third-order valence-electron chi connectivity index (χ3n) is 2.15. The van der Waals surface area contributed by atoms with Crippen molar-refractivity contribution in [2.75, 3.05) is 0 Å². The highest BCUT2D eigenvalue weighted by molar-refractivity contribution is 6.84. The molecule has 1 aromatic heterocycles. The molecule has 0 atom stereocenters. The second kappa shape index (κ2) is 5.68. The Labute approximate surface area is 113 Å². The van der Waals surface area contributed by atoms with E-state index in [1.165, 1.54) is 0 Å². The molecule has 0 saturated carbocycles. The molecule has 0 spiro atoms. The predicted molar refractivity (Wildman–Crippen MR) is 86.8 cm³/mol. The molecule has 0 radical (unpaired) electrons. The van der Waals surface area contributed by atoms with E-state index in [-0.39, 0.29) is 0 Å². The Morgan fingerprint density at radius 3 is 2.33 bits per heavy atom. The van der Waals surface area contributed by atoms with E-state index < -0.39 is 16.1 Å². The quantitative estimate of drug-likeness (QED) is 0.581. The van der Waals surface area contributed by atoms with Crippen LogP contribution in [0.1, 0.15) is 11.3 Å². The van der Waals surface area contributed by atoms with Crippen molar-refractivity contribution in [3.8, 4) is 11.5 Å². The Balaban J connectivity index is 3.07. The minimum atomic E-state index is -1.33. The number of aromatic nitrogens is 1. The molecule has 0 aromatic carbocycles. The molecular weight excluding hydrogens is 250 g/mol. The second-order valence-electron chi connectivity index (χ2n) is 6.64. The average molecular weight is 274 g/mol. The lowest BCUT2D eigenvalue weighted by atomic mass is 10.2. The maximum atomic E-state index is 4.43. The van der Waals surface area contributed by atoms with Gasteiger partial charge in [0.25, 0.3) is 0 Å². The third-order valence-corrected chi connectivity index (χ3v) is 4.19. The highest BCUT2D eigenvalue weighted by atomic mass is 28.3. The Kier molecular flexibility index (Phi) is 4.72. The summed E-state index contributed by atoms with van der Waals surface area (Å²) in [5, 5.41) is 0. The molecule has 1 nitrogen and oxygen atoms in total. The first kappa shape index (κ1) is 14.9. The van der Waals surface area contributed by atoms with Gasteiger partial charge in [-0.05, 0) is 18.2 Å². The number of hydrogen-bond acceptors (Lipinski definition) is 1. The SMILES string of the molecule is C[Si](C)(C)C#Cc1cccnc1/C=C/[Si](C)(C)C. The summed E-state index contributed by atoms with van der Waals surface area (Å²) in [6, 6.07) is 4.02. The molecular formula is C15H23NSi2. The van der Waals surface area contributed by atoms with E-state index in [1.54, 1.807) is 0 Å². The maximum Gasteiger partial charge on any atom is 0.129 e. The van der Waals surface area contributed by atoms with E-state index in [1.807, 2.05) is 12.3 Å². The molecule has 3 heteroatoms. The van der Waals surface area contributed by atoms with Crippen molar-refractivity contribution in [2.24, 2.45) is 0 Å². The molecule has 1 aromatic rings. The molecule has 96 valence electrons. The highest BCUT2D eigenvalue weighted by Gasteiger charge is 2.09. The summed E-state index contributed by atoms with van der Waals surface area (Å²) >= 11 is 0. The minimum Gasteiger partial charge on any atom is -0.256 e. The molecule has 0 amide bonds. The van der Waals surface area contributed by atoms with Crippen molar-refractivity contribution in [1.29, 1.82) is 0 Å². The monoisotopic (exact) mass is 273 g/mol. The fraction of sp³-hybridized carbons (Fsp3) is 0.400. The molecule has 1 heterocycles. The molecule has 18 heavy (non-hydrogen) atoms. The highest BCUT2D eigenvalue weighted by Crippen LogP contribution is 2.10. The lowest BCUT2D eigenvalue weighted by Gasteiger charge is -2.08. The van der Waals surface area contributed by atoms with Crippen molar-refractivity contribution in [3.63, 3.8) is 0 Å². The van der Waals surface area contributed by atoms with Gasteiger partial charge >= 0.3 is 0 Å². The lowest BCUT2D eigenvalue weighted by molar-refractivity contribution is 1.28. The maximum absolute atomic E-state index is 4.43.